The monoisotopic (exact) mass is 286 g/mol. The largest absolute Gasteiger partial charge is 0.508 e. The molecule has 0 bridgehead atoms. The lowest BCUT2D eigenvalue weighted by atomic mass is 9.65. The van der Waals surface area contributed by atoms with Gasteiger partial charge in [-0.05, 0) is 60.3 Å². The van der Waals surface area contributed by atoms with Gasteiger partial charge in [-0.3, -0.25) is 0 Å². The second kappa shape index (κ2) is 4.61. The molecule has 0 saturated heterocycles. The molecule has 2 N–H and O–H groups in total. The van der Waals surface area contributed by atoms with Crippen molar-refractivity contribution < 1.29 is 10.2 Å². The Labute approximate surface area is 127 Å². The van der Waals surface area contributed by atoms with Crippen LogP contribution in [0.3, 0.4) is 0 Å². The van der Waals surface area contributed by atoms with Crippen LogP contribution >= 0.6 is 0 Å². The predicted molar refractivity (Wildman–Crippen MR) is 85.7 cm³/mol. The molecule has 2 aliphatic rings. The summed E-state index contributed by atoms with van der Waals surface area (Å²) in [5, 5.41) is 21.3. The van der Waals surface area contributed by atoms with Crippen LogP contribution in [0, 0.1) is 5.41 Å². The van der Waals surface area contributed by atoms with Crippen molar-refractivity contribution in [3.8, 4) is 5.75 Å². The number of phenols is 1. The minimum atomic E-state index is -0.658. The Morgan fingerprint density at radius 1 is 1.19 bits per heavy atom. The van der Waals surface area contributed by atoms with E-state index in [0.717, 1.165) is 31.2 Å². The zero-order valence-electron chi connectivity index (χ0n) is 13.4. The molecule has 114 valence electrons. The van der Waals surface area contributed by atoms with Crippen LogP contribution in [0.5, 0.6) is 5.75 Å². The van der Waals surface area contributed by atoms with Gasteiger partial charge in [0.05, 0.1) is 6.10 Å². The first-order valence-electron chi connectivity index (χ1n) is 8.00. The van der Waals surface area contributed by atoms with Gasteiger partial charge in [0.1, 0.15) is 5.75 Å². The van der Waals surface area contributed by atoms with Crippen LogP contribution in [0.15, 0.2) is 18.7 Å². The van der Waals surface area contributed by atoms with Gasteiger partial charge in [-0.2, -0.15) is 0 Å². The summed E-state index contributed by atoms with van der Waals surface area (Å²) in [6, 6.07) is 1.91. The van der Waals surface area contributed by atoms with Crippen LogP contribution in [0.2, 0.25) is 0 Å². The van der Waals surface area contributed by atoms with E-state index in [4.69, 9.17) is 0 Å². The van der Waals surface area contributed by atoms with Crippen LogP contribution in [0.4, 0.5) is 0 Å². The molecular formula is C19H26O2. The summed E-state index contributed by atoms with van der Waals surface area (Å²) in [5.74, 6) is 0.263. The number of phenolic OH excluding ortho intramolecular Hbond substituents is 1. The van der Waals surface area contributed by atoms with Crippen molar-refractivity contribution in [2.75, 3.05) is 0 Å². The first-order chi connectivity index (χ1) is 9.80. The van der Waals surface area contributed by atoms with E-state index in [1.165, 1.54) is 23.1 Å². The highest BCUT2D eigenvalue weighted by Gasteiger charge is 2.41. The van der Waals surface area contributed by atoms with E-state index in [0.29, 0.717) is 0 Å². The molecule has 0 aliphatic heterocycles. The van der Waals surface area contributed by atoms with E-state index in [1.807, 2.05) is 19.1 Å². The third kappa shape index (κ3) is 2.03. The Morgan fingerprint density at radius 3 is 2.57 bits per heavy atom. The number of fused-ring (bicyclic) bond motifs is 3. The fourth-order valence-electron chi connectivity index (χ4n) is 4.18. The third-order valence-electron chi connectivity index (χ3n) is 5.81. The molecule has 2 heteroatoms. The summed E-state index contributed by atoms with van der Waals surface area (Å²) in [6.45, 7) is 10.4. The van der Waals surface area contributed by atoms with Gasteiger partial charge in [0, 0.05) is 11.0 Å². The first kappa shape index (κ1) is 14.6. The molecule has 0 amide bonds. The maximum absolute atomic E-state index is 10.8. The molecule has 2 nitrogen and oxygen atoms in total. The third-order valence-corrected chi connectivity index (χ3v) is 5.81. The van der Waals surface area contributed by atoms with Crippen molar-refractivity contribution in [1.82, 2.24) is 0 Å². The molecular weight excluding hydrogens is 260 g/mol. The van der Waals surface area contributed by atoms with E-state index < -0.39 is 6.10 Å². The highest BCUT2D eigenvalue weighted by Crippen LogP contribution is 2.51. The fraction of sp³-hybridized carbons (Fsp3) is 0.579. The Hall–Kier alpha value is -1.28. The summed E-state index contributed by atoms with van der Waals surface area (Å²) in [6.07, 6.45) is 6.40. The first-order valence-corrected chi connectivity index (χ1v) is 8.00. The van der Waals surface area contributed by atoms with Gasteiger partial charge >= 0.3 is 0 Å². The van der Waals surface area contributed by atoms with E-state index in [1.54, 1.807) is 0 Å². The summed E-state index contributed by atoms with van der Waals surface area (Å²) >= 11 is 0. The van der Waals surface area contributed by atoms with Gasteiger partial charge in [0.25, 0.3) is 0 Å². The number of rotatable bonds is 1. The molecule has 1 aromatic carbocycles. The molecule has 0 aromatic heterocycles. The van der Waals surface area contributed by atoms with Crippen molar-refractivity contribution in [3.63, 3.8) is 0 Å². The van der Waals surface area contributed by atoms with E-state index in [-0.39, 0.29) is 16.6 Å². The van der Waals surface area contributed by atoms with Gasteiger partial charge in [0.2, 0.25) is 0 Å². The van der Waals surface area contributed by atoms with E-state index >= 15 is 0 Å². The second-order valence-corrected chi connectivity index (χ2v) is 7.66. The summed E-state index contributed by atoms with van der Waals surface area (Å²) in [5.41, 5.74) is 4.38. The molecule has 0 spiro atoms. The van der Waals surface area contributed by atoms with Crippen LogP contribution < -0.4 is 0 Å². The van der Waals surface area contributed by atoms with Gasteiger partial charge in [0.15, 0.2) is 0 Å². The zero-order chi connectivity index (χ0) is 15.4. The van der Waals surface area contributed by atoms with Crippen LogP contribution in [0.1, 0.15) is 68.4 Å². The highest BCUT2D eigenvalue weighted by atomic mass is 16.3. The summed E-state index contributed by atoms with van der Waals surface area (Å²) < 4.78 is 0. The van der Waals surface area contributed by atoms with E-state index in [9.17, 15) is 10.2 Å². The normalized spacial score (nSPS) is 30.4. The number of aliphatic hydroxyl groups excluding tert-OH is 1. The molecule has 2 aliphatic carbocycles. The predicted octanol–water partition coefficient (Wildman–Crippen LogP) is 4.18. The Bertz CT molecular complexity index is 600. The number of aromatic hydroxyl groups is 1. The lowest BCUT2D eigenvalue weighted by Gasteiger charge is -2.41. The summed E-state index contributed by atoms with van der Waals surface area (Å²) in [4.78, 5) is 0. The van der Waals surface area contributed by atoms with Crippen LogP contribution in [0.25, 0.3) is 0 Å². The second-order valence-electron chi connectivity index (χ2n) is 7.66. The molecule has 3 rings (SSSR count). The van der Waals surface area contributed by atoms with Crippen molar-refractivity contribution in [1.29, 1.82) is 0 Å². The standard InChI is InChI=1S/C19H26O2/c1-5-19(4)10-8-13-12-7-6-9-18(2,3)14(12)11-15(20)16(13)17(19)21/h5,11,17,20-21H,1,6-10H2,2-4H3/t17-,19+/m1/s1. The van der Waals surface area contributed by atoms with Crippen LogP contribution in [-0.4, -0.2) is 10.2 Å². The molecule has 0 heterocycles. The minimum absolute atomic E-state index is 0.115. The average molecular weight is 286 g/mol. The zero-order valence-corrected chi connectivity index (χ0v) is 13.4. The van der Waals surface area contributed by atoms with E-state index in [2.05, 4.69) is 20.4 Å². The molecule has 21 heavy (non-hydrogen) atoms. The van der Waals surface area contributed by atoms with Crippen molar-refractivity contribution in [2.24, 2.45) is 5.41 Å². The smallest absolute Gasteiger partial charge is 0.122 e. The van der Waals surface area contributed by atoms with Gasteiger partial charge in [-0.1, -0.05) is 26.8 Å². The van der Waals surface area contributed by atoms with Crippen molar-refractivity contribution >= 4 is 0 Å². The van der Waals surface area contributed by atoms with Crippen molar-refractivity contribution in [2.45, 2.75) is 64.4 Å². The van der Waals surface area contributed by atoms with Crippen molar-refractivity contribution in [3.05, 3.63) is 41.0 Å². The molecule has 0 fully saturated rings. The Morgan fingerprint density at radius 2 is 1.90 bits per heavy atom. The lowest BCUT2D eigenvalue weighted by Crippen LogP contribution is -2.32. The molecule has 1 aromatic rings. The molecule has 0 radical (unpaired) electrons. The fourth-order valence-corrected chi connectivity index (χ4v) is 4.18. The number of hydrogen-bond donors (Lipinski definition) is 2. The SMILES string of the molecule is C=C[C@@]1(C)CCc2c3c(cc(O)c2[C@H]1O)C(C)(C)CCC3. The maximum Gasteiger partial charge on any atom is 0.122 e. The Balaban J connectivity index is 2.22. The van der Waals surface area contributed by atoms with Gasteiger partial charge < -0.3 is 10.2 Å². The number of aliphatic hydroxyl groups is 1. The molecule has 0 unspecified atom stereocenters. The number of benzene rings is 1. The van der Waals surface area contributed by atoms with Gasteiger partial charge in [-0.15, -0.1) is 6.58 Å². The molecule has 0 saturated carbocycles. The Kier molecular flexibility index (Phi) is 3.21. The highest BCUT2D eigenvalue weighted by molar-refractivity contribution is 5.55. The summed E-state index contributed by atoms with van der Waals surface area (Å²) in [7, 11) is 0. The number of hydrogen-bond acceptors (Lipinski definition) is 2. The lowest BCUT2D eigenvalue weighted by molar-refractivity contribution is 0.0521. The van der Waals surface area contributed by atoms with Gasteiger partial charge in [-0.25, -0.2) is 0 Å². The minimum Gasteiger partial charge on any atom is -0.508 e. The molecule has 2 atom stereocenters. The quantitative estimate of drug-likeness (QED) is 0.760. The maximum atomic E-state index is 10.8. The van der Waals surface area contributed by atoms with Crippen LogP contribution in [-0.2, 0) is 18.3 Å². The average Bonchev–Trinajstić information content (AvgIpc) is 2.43. The topological polar surface area (TPSA) is 40.5 Å².